The fourth-order valence-corrected chi connectivity index (χ4v) is 5.06. The van der Waals surface area contributed by atoms with Crippen LogP contribution in [-0.2, 0) is 30.5 Å². The Balaban J connectivity index is 1.94. The van der Waals surface area contributed by atoms with Gasteiger partial charge in [0.15, 0.2) is 17.4 Å². The summed E-state index contributed by atoms with van der Waals surface area (Å²) in [6, 6.07) is 7.65. The molecule has 1 saturated heterocycles. The van der Waals surface area contributed by atoms with E-state index in [-0.39, 0.29) is 18.9 Å². The molecule has 1 aliphatic rings. The standard InChI is InChI=1S/C30H45FN2O6Si/c1-29(2,3)39-28(34)20-24(22-11-12-27(35-5)25(31)18-22)26-19-23(10-9-13-30(4)37-14-15-38-30)33(32-26)21-36-16-17-40(6,7)8/h9-12,18-19,24H,13-17,20-21H2,1-8H3/b10-9+. The Bertz CT molecular complexity index is 1160. The van der Waals surface area contributed by atoms with Gasteiger partial charge in [-0.2, -0.15) is 5.10 Å². The molecule has 0 aliphatic carbocycles. The van der Waals surface area contributed by atoms with Crippen LogP contribution in [-0.4, -0.2) is 62.1 Å². The van der Waals surface area contributed by atoms with Gasteiger partial charge in [0.05, 0.1) is 38.1 Å². The number of nitrogens with zero attached hydrogens (tertiary/aromatic N) is 2. The molecule has 40 heavy (non-hydrogen) atoms. The van der Waals surface area contributed by atoms with Crippen molar-refractivity contribution in [2.45, 2.75) is 90.3 Å². The molecule has 222 valence electrons. The highest BCUT2D eigenvalue weighted by atomic mass is 28.3. The topological polar surface area (TPSA) is 81.0 Å². The van der Waals surface area contributed by atoms with Crippen LogP contribution in [0.25, 0.3) is 6.08 Å². The van der Waals surface area contributed by atoms with E-state index in [4.69, 9.17) is 28.8 Å². The molecule has 0 spiro atoms. The van der Waals surface area contributed by atoms with Crippen LogP contribution in [0.4, 0.5) is 4.39 Å². The second kappa shape index (κ2) is 13.4. The Morgan fingerprint density at radius 1 is 1.23 bits per heavy atom. The number of carbonyl (C=O) groups excluding carboxylic acids is 1. The van der Waals surface area contributed by atoms with Crippen molar-refractivity contribution in [1.82, 2.24) is 9.78 Å². The van der Waals surface area contributed by atoms with Crippen molar-refractivity contribution in [2.24, 2.45) is 0 Å². The molecule has 1 fully saturated rings. The minimum atomic E-state index is -1.26. The van der Waals surface area contributed by atoms with E-state index in [1.807, 2.05) is 45.9 Å². The SMILES string of the molecule is COc1ccc(C(CC(=O)OC(C)(C)C)c2cc(/C=C/CC3(C)OCCO3)n(COCC[Si](C)(C)C)n2)cc1F. The lowest BCUT2D eigenvalue weighted by Gasteiger charge is -2.22. The molecule has 0 saturated carbocycles. The van der Waals surface area contributed by atoms with E-state index in [9.17, 15) is 9.18 Å². The first-order valence-electron chi connectivity index (χ1n) is 13.8. The van der Waals surface area contributed by atoms with Crippen LogP contribution < -0.4 is 4.74 Å². The lowest BCUT2D eigenvalue weighted by Crippen LogP contribution is -2.25. The molecule has 8 nitrogen and oxygen atoms in total. The summed E-state index contributed by atoms with van der Waals surface area (Å²) >= 11 is 0. The van der Waals surface area contributed by atoms with Crippen LogP contribution in [0.15, 0.2) is 30.3 Å². The number of halogens is 1. The highest BCUT2D eigenvalue weighted by molar-refractivity contribution is 6.76. The zero-order valence-corrected chi connectivity index (χ0v) is 26.2. The first-order valence-corrected chi connectivity index (χ1v) is 17.5. The van der Waals surface area contributed by atoms with Crippen LogP contribution in [0.5, 0.6) is 5.75 Å². The summed E-state index contributed by atoms with van der Waals surface area (Å²) in [4.78, 5) is 12.9. The molecule has 1 unspecified atom stereocenters. The van der Waals surface area contributed by atoms with Gasteiger partial charge in [0.25, 0.3) is 0 Å². The first-order chi connectivity index (χ1) is 18.7. The molecule has 0 amide bonds. The molecular weight excluding hydrogens is 531 g/mol. The lowest BCUT2D eigenvalue weighted by molar-refractivity contribution is -0.155. The average Bonchev–Trinajstić information content (AvgIpc) is 3.45. The third-order valence-electron chi connectivity index (χ3n) is 6.44. The normalized spacial score (nSPS) is 16.4. The number of benzene rings is 1. The van der Waals surface area contributed by atoms with Crippen LogP contribution in [0.2, 0.25) is 25.7 Å². The maximum atomic E-state index is 14.8. The number of carbonyl (C=O) groups is 1. The third kappa shape index (κ3) is 9.83. The molecule has 10 heteroatoms. The quantitative estimate of drug-likeness (QED) is 0.156. The minimum absolute atomic E-state index is 0.000557. The number of methoxy groups -OCH3 is 1. The van der Waals surface area contributed by atoms with Crippen LogP contribution in [0.3, 0.4) is 0 Å². The third-order valence-corrected chi connectivity index (χ3v) is 8.15. The summed E-state index contributed by atoms with van der Waals surface area (Å²) in [7, 11) is 0.162. The maximum Gasteiger partial charge on any atom is 0.307 e. The van der Waals surface area contributed by atoms with Crippen molar-refractivity contribution < 1.29 is 32.9 Å². The Kier molecular flexibility index (Phi) is 10.7. The number of hydrogen-bond acceptors (Lipinski definition) is 7. The summed E-state index contributed by atoms with van der Waals surface area (Å²) < 4.78 is 44.7. The molecule has 0 bridgehead atoms. The van der Waals surface area contributed by atoms with Crippen LogP contribution in [0, 0.1) is 5.82 Å². The summed E-state index contributed by atoms with van der Waals surface area (Å²) in [6.45, 7) is 16.3. The molecule has 1 aromatic heterocycles. The van der Waals surface area contributed by atoms with E-state index in [0.29, 0.717) is 37.5 Å². The maximum absolute atomic E-state index is 14.8. The predicted octanol–water partition coefficient (Wildman–Crippen LogP) is 6.37. The van der Waals surface area contributed by atoms with Gasteiger partial charge in [0.1, 0.15) is 12.3 Å². The van der Waals surface area contributed by atoms with Crippen molar-refractivity contribution in [2.75, 3.05) is 26.9 Å². The predicted molar refractivity (Wildman–Crippen MR) is 156 cm³/mol. The number of rotatable bonds is 13. The van der Waals surface area contributed by atoms with E-state index in [1.165, 1.54) is 13.2 Å². The van der Waals surface area contributed by atoms with Gasteiger partial charge in [-0.25, -0.2) is 9.07 Å². The van der Waals surface area contributed by atoms with Gasteiger partial charge >= 0.3 is 5.97 Å². The second-order valence-corrected chi connectivity index (χ2v) is 18.1. The minimum Gasteiger partial charge on any atom is -0.494 e. The fourth-order valence-electron chi connectivity index (χ4n) is 4.30. The van der Waals surface area contributed by atoms with Gasteiger partial charge in [-0.3, -0.25) is 4.79 Å². The molecule has 3 rings (SSSR count). The van der Waals surface area contributed by atoms with Gasteiger partial charge < -0.3 is 23.7 Å². The largest absolute Gasteiger partial charge is 0.494 e. The van der Waals surface area contributed by atoms with E-state index in [2.05, 4.69) is 19.6 Å². The molecular formula is C30H45FN2O6Si. The van der Waals surface area contributed by atoms with E-state index >= 15 is 0 Å². The number of esters is 1. The Hall–Kier alpha value is -2.53. The second-order valence-electron chi connectivity index (χ2n) is 12.5. The lowest BCUT2D eigenvalue weighted by atomic mass is 9.92. The highest BCUT2D eigenvalue weighted by Crippen LogP contribution is 2.32. The zero-order valence-electron chi connectivity index (χ0n) is 25.2. The van der Waals surface area contributed by atoms with Gasteiger partial charge in [-0.05, 0) is 63.6 Å². The van der Waals surface area contributed by atoms with E-state index in [0.717, 1.165) is 11.7 Å². The Labute approximate surface area is 238 Å². The summed E-state index contributed by atoms with van der Waals surface area (Å²) in [5.74, 6) is -1.96. The molecule has 1 aromatic carbocycles. The summed E-state index contributed by atoms with van der Waals surface area (Å²) in [5, 5.41) is 4.84. The van der Waals surface area contributed by atoms with E-state index < -0.39 is 37.2 Å². The van der Waals surface area contributed by atoms with Crippen molar-refractivity contribution >= 4 is 20.1 Å². The number of ether oxygens (including phenoxy) is 5. The zero-order chi connectivity index (χ0) is 29.6. The van der Waals surface area contributed by atoms with Crippen LogP contribution in [0.1, 0.15) is 63.4 Å². The van der Waals surface area contributed by atoms with E-state index in [1.54, 1.807) is 16.8 Å². The van der Waals surface area contributed by atoms with Crippen molar-refractivity contribution in [1.29, 1.82) is 0 Å². The summed E-state index contributed by atoms with van der Waals surface area (Å²) in [5.41, 5.74) is 1.37. The molecule has 1 atom stereocenters. The molecule has 1 aliphatic heterocycles. The van der Waals surface area contributed by atoms with Crippen molar-refractivity contribution in [3.8, 4) is 5.75 Å². The molecule has 2 heterocycles. The number of hydrogen-bond donors (Lipinski definition) is 0. The number of aromatic nitrogens is 2. The monoisotopic (exact) mass is 576 g/mol. The molecule has 2 aromatic rings. The highest BCUT2D eigenvalue weighted by Gasteiger charge is 2.30. The molecule has 0 N–H and O–H groups in total. The Morgan fingerprint density at radius 2 is 1.93 bits per heavy atom. The molecule has 0 radical (unpaired) electrons. The van der Waals surface area contributed by atoms with Crippen molar-refractivity contribution in [3.05, 3.63) is 53.1 Å². The fraction of sp³-hybridized carbons (Fsp3) is 0.600. The Morgan fingerprint density at radius 3 is 2.52 bits per heavy atom. The first kappa shape index (κ1) is 32.0. The van der Waals surface area contributed by atoms with Gasteiger partial charge in [-0.15, -0.1) is 0 Å². The van der Waals surface area contributed by atoms with Gasteiger partial charge in [-0.1, -0.05) is 31.8 Å². The van der Waals surface area contributed by atoms with Crippen molar-refractivity contribution in [3.63, 3.8) is 0 Å². The van der Waals surface area contributed by atoms with Crippen LogP contribution >= 0.6 is 0 Å². The van der Waals surface area contributed by atoms with Gasteiger partial charge in [0.2, 0.25) is 0 Å². The van der Waals surface area contributed by atoms with Gasteiger partial charge in [0, 0.05) is 27.0 Å². The summed E-state index contributed by atoms with van der Waals surface area (Å²) in [6.07, 6.45) is 4.50. The average molecular weight is 577 g/mol. The smallest absolute Gasteiger partial charge is 0.307 e.